The molecule has 0 aromatic carbocycles. The molecule has 0 aliphatic carbocycles. The molecule has 1 aliphatic heterocycles. The number of nitrogens with one attached hydrogen (secondary N) is 1. The van der Waals surface area contributed by atoms with Crippen molar-refractivity contribution in [2.24, 2.45) is 11.8 Å². The van der Waals surface area contributed by atoms with Crippen LogP contribution < -0.4 is 5.32 Å². The smallest absolute Gasteiger partial charge is 0.414 e. The minimum absolute atomic E-state index is 0.169. The molecule has 1 amide bonds. The van der Waals surface area contributed by atoms with Gasteiger partial charge in [0.05, 0.1) is 12.2 Å². The van der Waals surface area contributed by atoms with Gasteiger partial charge in [-0.2, -0.15) is 0 Å². The van der Waals surface area contributed by atoms with Crippen LogP contribution in [-0.2, 0) is 20.9 Å². The van der Waals surface area contributed by atoms with Crippen molar-refractivity contribution in [3.05, 3.63) is 30.1 Å². The Labute approximate surface area is 153 Å². The number of carbonyl (C=O) groups is 3. The third kappa shape index (κ3) is 8.57. The lowest BCUT2D eigenvalue weighted by Gasteiger charge is -2.32. The highest BCUT2D eigenvalue weighted by Crippen LogP contribution is 2.18. The molecule has 1 aliphatic rings. The third-order valence-electron chi connectivity index (χ3n) is 3.93. The lowest BCUT2D eigenvalue weighted by atomic mass is 9.95. The SMILES string of the molecule is CC(C)CN1CCC(C(=O)NCc2ccccn2)CC1.O=C(O)C(=O)O. The summed E-state index contributed by atoms with van der Waals surface area (Å²) in [6.45, 7) is 8.24. The summed E-state index contributed by atoms with van der Waals surface area (Å²) >= 11 is 0. The van der Waals surface area contributed by atoms with Gasteiger partial charge in [0.25, 0.3) is 0 Å². The summed E-state index contributed by atoms with van der Waals surface area (Å²) in [5.41, 5.74) is 0.915. The normalized spacial score (nSPS) is 15.0. The number of carboxylic acids is 2. The molecule has 144 valence electrons. The predicted molar refractivity (Wildman–Crippen MR) is 95.4 cm³/mol. The number of amides is 1. The van der Waals surface area contributed by atoms with E-state index in [1.165, 1.54) is 0 Å². The number of carbonyl (C=O) groups excluding carboxylic acids is 1. The highest BCUT2D eigenvalue weighted by Gasteiger charge is 2.24. The molecular formula is C18H27N3O5. The van der Waals surface area contributed by atoms with Gasteiger partial charge >= 0.3 is 11.9 Å². The van der Waals surface area contributed by atoms with E-state index in [-0.39, 0.29) is 11.8 Å². The second kappa shape index (κ2) is 11.2. The summed E-state index contributed by atoms with van der Waals surface area (Å²) in [5.74, 6) is -2.60. The molecule has 1 aromatic heterocycles. The first-order valence-corrected chi connectivity index (χ1v) is 8.65. The van der Waals surface area contributed by atoms with Crippen LogP contribution in [0.4, 0.5) is 0 Å². The molecule has 0 spiro atoms. The van der Waals surface area contributed by atoms with Crippen LogP contribution >= 0.6 is 0 Å². The number of hydrogen-bond acceptors (Lipinski definition) is 5. The second-order valence-corrected chi connectivity index (χ2v) is 6.62. The molecule has 1 fully saturated rings. The number of aliphatic carboxylic acids is 2. The maximum atomic E-state index is 12.1. The lowest BCUT2D eigenvalue weighted by molar-refractivity contribution is -0.159. The third-order valence-corrected chi connectivity index (χ3v) is 3.93. The molecule has 1 aromatic rings. The predicted octanol–water partition coefficient (Wildman–Crippen LogP) is 1.22. The van der Waals surface area contributed by atoms with Gasteiger partial charge in [0.2, 0.25) is 5.91 Å². The minimum atomic E-state index is -1.82. The topological polar surface area (TPSA) is 120 Å². The number of carboxylic acid groups (broad SMARTS) is 2. The van der Waals surface area contributed by atoms with Gasteiger partial charge in [-0.25, -0.2) is 9.59 Å². The number of rotatable bonds is 5. The van der Waals surface area contributed by atoms with Gasteiger partial charge in [0.1, 0.15) is 0 Å². The fourth-order valence-corrected chi connectivity index (χ4v) is 2.72. The van der Waals surface area contributed by atoms with E-state index in [0.717, 1.165) is 38.2 Å². The number of hydrogen-bond donors (Lipinski definition) is 3. The van der Waals surface area contributed by atoms with E-state index < -0.39 is 11.9 Å². The summed E-state index contributed by atoms with van der Waals surface area (Å²) < 4.78 is 0. The van der Waals surface area contributed by atoms with Crippen molar-refractivity contribution in [3.63, 3.8) is 0 Å². The molecule has 1 saturated heterocycles. The standard InChI is InChI=1S/C16H25N3O.C2H2O4/c1-13(2)12-19-9-6-14(7-10-19)16(20)18-11-15-5-3-4-8-17-15;3-1(4)2(5)6/h3-5,8,13-14H,6-7,9-12H2,1-2H3,(H,18,20);(H,3,4)(H,5,6). The zero-order valence-electron chi connectivity index (χ0n) is 15.2. The summed E-state index contributed by atoms with van der Waals surface area (Å²) in [6, 6.07) is 5.76. The van der Waals surface area contributed by atoms with Crippen LogP contribution in [0, 0.1) is 11.8 Å². The number of aromatic nitrogens is 1. The molecule has 3 N–H and O–H groups in total. The Balaban J connectivity index is 0.000000487. The molecule has 2 rings (SSSR count). The van der Waals surface area contributed by atoms with E-state index in [4.69, 9.17) is 19.8 Å². The Hall–Kier alpha value is -2.48. The van der Waals surface area contributed by atoms with Crippen molar-refractivity contribution >= 4 is 17.8 Å². The van der Waals surface area contributed by atoms with Gasteiger partial charge in [0.15, 0.2) is 0 Å². The van der Waals surface area contributed by atoms with Crippen molar-refractivity contribution < 1.29 is 24.6 Å². The van der Waals surface area contributed by atoms with Crippen LogP contribution in [-0.4, -0.2) is 57.6 Å². The molecule has 0 unspecified atom stereocenters. The average molecular weight is 365 g/mol. The molecule has 2 heterocycles. The van der Waals surface area contributed by atoms with Crippen LogP contribution in [0.3, 0.4) is 0 Å². The molecular weight excluding hydrogens is 338 g/mol. The maximum absolute atomic E-state index is 12.1. The molecule has 8 nitrogen and oxygen atoms in total. The van der Waals surface area contributed by atoms with Gasteiger partial charge in [-0.3, -0.25) is 9.78 Å². The van der Waals surface area contributed by atoms with E-state index in [2.05, 4.69) is 29.0 Å². The Morgan fingerprint density at radius 1 is 1.19 bits per heavy atom. The van der Waals surface area contributed by atoms with Crippen LogP contribution in [0.15, 0.2) is 24.4 Å². The first kappa shape index (κ1) is 21.6. The maximum Gasteiger partial charge on any atom is 0.414 e. The van der Waals surface area contributed by atoms with E-state index >= 15 is 0 Å². The number of nitrogens with zero attached hydrogens (tertiary/aromatic N) is 2. The van der Waals surface area contributed by atoms with Gasteiger partial charge < -0.3 is 20.4 Å². The zero-order valence-corrected chi connectivity index (χ0v) is 15.2. The fourth-order valence-electron chi connectivity index (χ4n) is 2.72. The monoisotopic (exact) mass is 365 g/mol. The van der Waals surface area contributed by atoms with Crippen molar-refractivity contribution in [1.82, 2.24) is 15.2 Å². The van der Waals surface area contributed by atoms with Crippen molar-refractivity contribution in [2.75, 3.05) is 19.6 Å². The molecule has 0 bridgehead atoms. The van der Waals surface area contributed by atoms with Gasteiger partial charge in [-0.05, 0) is 44.0 Å². The van der Waals surface area contributed by atoms with Crippen molar-refractivity contribution in [3.8, 4) is 0 Å². The largest absolute Gasteiger partial charge is 0.473 e. The van der Waals surface area contributed by atoms with Crippen LogP contribution in [0.5, 0.6) is 0 Å². The fraction of sp³-hybridized carbons (Fsp3) is 0.556. The quantitative estimate of drug-likeness (QED) is 0.671. The second-order valence-electron chi connectivity index (χ2n) is 6.62. The zero-order chi connectivity index (χ0) is 19.5. The first-order chi connectivity index (χ1) is 12.3. The van der Waals surface area contributed by atoms with Gasteiger partial charge in [-0.15, -0.1) is 0 Å². The Bertz CT molecular complexity index is 572. The summed E-state index contributed by atoms with van der Waals surface area (Å²) in [5, 5.41) is 17.8. The minimum Gasteiger partial charge on any atom is -0.473 e. The van der Waals surface area contributed by atoms with E-state index in [9.17, 15) is 4.79 Å². The Morgan fingerprint density at radius 2 is 1.81 bits per heavy atom. The summed E-state index contributed by atoms with van der Waals surface area (Å²) in [6.07, 6.45) is 3.70. The van der Waals surface area contributed by atoms with E-state index in [0.29, 0.717) is 12.5 Å². The molecule has 26 heavy (non-hydrogen) atoms. The molecule has 0 saturated carbocycles. The molecule has 0 atom stereocenters. The molecule has 8 heteroatoms. The highest BCUT2D eigenvalue weighted by atomic mass is 16.4. The van der Waals surface area contributed by atoms with Crippen LogP contribution in [0.1, 0.15) is 32.4 Å². The summed E-state index contributed by atoms with van der Waals surface area (Å²) in [7, 11) is 0. The van der Waals surface area contributed by atoms with Gasteiger partial charge in [-0.1, -0.05) is 19.9 Å². The van der Waals surface area contributed by atoms with E-state index in [1.807, 2.05) is 18.2 Å². The Morgan fingerprint density at radius 3 is 2.27 bits per heavy atom. The van der Waals surface area contributed by atoms with Gasteiger partial charge in [0, 0.05) is 18.7 Å². The summed E-state index contributed by atoms with van der Waals surface area (Å²) in [4.78, 5) is 37.0. The highest BCUT2D eigenvalue weighted by molar-refractivity contribution is 6.27. The number of piperidine rings is 1. The molecule has 0 radical (unpaired) electrons. The van der Waals surface area contributed by atoms with Crippen molar-refractivity contribution in [2.45, 2.75) is 33.2 Å². The average Bonchev–Trinajstić information content (AvgIpc) is 2.61. The van der Waals surface area contributed by atoms with Crippen LogP contribution in [0.2, 0.25) is 0 Å². The Kier molecular flexibility index (Phi) is 9.29. The first-order valence-electron chi connectivity index (χ1n) is 8.65. The number of pyridine rings is 1. The van der Waals surface area contributed by atoms with Crippen molar-refractivity contribution in [1.29, 1.82) is 0 Å². The number of likely N-dealkylation sites (tertiary alicyclic amines) is 1. The lowest BCUT2D eigenvalue weighted by Crippen LogP contribution is -2.41. The van der Waals surface area contributed by atoms with Crippen LogP contribution in [0.25, 0.3) is 0 Å². The van der Waals surface area contributed by atoms with E-state index in [1.54, 1.807) is 6.20 Å².